The van der Waals surface area contributed by atoms with Crippen molar-refractivity contribution < 1.29 is 17.9 Å². The lowest BCUT2D eigenvalue weighted by Crippen LogP contribution is -2.16. The maximum atomic E-state index is 13.0. The Hall–Kier alpha value is -2.09. The number of aliphatic imine (C=N–C) groups is 2. The van der Waals surface area contributed by atoms with Crippen LogP contribution in [-0.2, 0) is 0 Å². The van der Waals surface area contributed by atoms with Gasteiger partial charge in [0.25, 0.3) is 0 Å². The number of benzene rings is 1. The number of nitrogens with zero attached hydrogens (tertiary/aromatic N) is 2. The molecular weight excluding hydrogens is 435 g/mol. The van der Waals surface area contributed by atoms with Gasteiger partial charge < -0.3 is 10.5 Å². The minimum atomic E-state index is -4.49. The van der Waals surface area contributed by atoms with E-state index < -0.39 is 11.9 Å². The third-order valence-corrected chi connectivity index (χ3v) is 4.37. The van der Waals surface area contributed by atoms with E-state index in [2.05, 4.69) is 25.9 Å². The van der Waals surface area contributed by atoms with Crippen LogP contribution in [0.25, 0.3) is 0 Å². The largest absolute Gasteiger partial charge is 0.496 e. The maximum Gasteiger partial charge on any atom is 0.433 e. The molecule has 0 unspecified atom stereocenters. The van der Waals surface area contributed by atoms with Crippen LogP contribution in [0.2, 0.25) is 0 Å². The Balaban J connectivity index is 3.04. The van der Waals surface area contributed by atoms with Crippen LogP contribution in [0.3, 0.4) is 0 Å². The highest BCUT2D eigenvalue weighted by molar-refractivity contribution is 9.10. The summed E-state index contributed by atoms with van der Waals surface area (Å²) in [5.41, 5.74) is 7.23. The molecule has 0 amide bonds. The summed E-state index contributed by atoms with van der Waals surface area (Å²) < 4.78 is 45.2. The summed E-state index contributed by atoms with van der Waals surface area (Å²) in [6.07, 6.45) is 0.367. The minimum Gasteiger partial charge on any atom is -0.496 e. The van der Waals surface area contributed by atoms with Gasteiger partial charge in [-0.2, -0.15) is 13.2 Å². The zero-order valence-corrected chi connectivity index (χ0v) is 18.0. The molecule has 0 bridgehead atoms. The fourth-order valence-electron chi connectivity index (χ4n) is 2.28. The highest BCUT2D eigenvalue weighted by Gasteiger charge is 2.33. The number of ether oxygens (including phenoxy) is 1. The summed E-state index contributed by atoms with van der Waals surface area (Å²) in [5, 5.41) is 0. The number of allylic oxidation sites excluding steroid dienone is 3. The first-order valence-corrected chi connectivity index (χ1v) is 9.54. The number of hydrogen-bond acceptors (Lipinski definition) is 3. The van der Waals surface area contributed by atoms with E-state index in [9.17, 15) is 13.2 Å². The summed E-state index contributed by atoms with van der Waals surface area (Å²) in [6, 6.07) is 3.63. The van der Waals surface area contributed by atoms with Gasteiger partial charge >= 0.3 is 6.18 Å². The van der Waals surface area contributed by atoms with Gasteiger partial charge in [-0.1, -0.05) is 41.4 Å². The molecule has 0 aromatic heterocycles. The molecule has 154 valence electrons. The first kappa shape index (κ1) is 23.9. The monoisotopic (exact) mass is 459 g/mol. The van der Waals surface area contributed by atoms with Crippen molar-refractivity contribution in [1.82, 2.24) is 0 Å². The van der Waals surface area contributed by atoms with Crippen LogP contribution in [0.1, 0.15) is 37.8 Å². The quantitative estimate of drug-likeness (QED) is 0.398. The van der Waals surface area contributed by atoms with Gasteiger partial charge in [0, 0.05) is 21.8 Å². The van der Waals surface area contributed by atoms with Gasteiger partial charge in [-0.3, -0.25) is 9.98 Å². The number of alkyl halides is 3. The van der Waals surface area contributed by atoms with E-state index in [0.717, 1.165) is 16.1 Å². The topological polar surface area (TPSA) is 60.0 Å². The second-order valence-electron chi connectivity index (χ2n) is 5.98. The van der Waals surface area contributed by atoms with Crippen LogP contribution < -0.4 is 10.5 Å². The molecule has 0 heterocycles. The van der Waals surface area contributed by atoms with Crippen molar-refractivity contribution in [3.05, 3.63) is 51.2 Å². The Labute approximate surface area is 172 Å². The lowest BCUT2D eigenvalue weighted by Gasteiger charge is -2.11. The molecule has 4 nitrogen and oxygen atoms in total. The Morgan fingerprint density at radius 1 is 1.32 bits per heavy atom. The average Bonchev–Trinajstić information content (AvgIpc) is 2.64. The van der Waals surface area contributed by atoms with E-state index in [0.29, 0.717) is 29.7 Å². The maximum absolute atomic E-state index is 13.0. The number of rotatable bonds is 8. The van der Waals surface area contributed by atoms with Crippen LogP contribution >= 0.6 is 15.9 Å². The number of hydrogen-bond donors (Lipinski definition) is 1. The molecule has 8 heteroatoms. The van der Waals surface area contributed by atoms with Crippen molar-refractivity contribution >= 4 is 28.0 Å². The fourth-order valence-corrected chi connectivity index (χ4v) is 2.71. The van der Waals surface area contributed by atoms with Crippen molar-refractivity contribution in [3.8, 4) is 5.75 Å². The molecular formula is C20H25BrF3N3O. The summed E-state index contributed by atoms with van der Waals surface area (Å²) in [6.45, 7) is 5.49. The van der Waals surface area contributed by atoms with Crippen LogP contribution in [0.4, 0.5) is 13.2 Å². The molecule has 1 aromatic carbocycles. The average molecular weight is 460 g/mol. The SMILES string of the molecule is C\C=C(/C=N/C(=C/CCC)C(F)(F)F)CN=C(N)c1cc(Br)cc(OC)c1C. The summed E-state index contributed by atoms with van der Waals surface area (Å²) in [4.78, 5) is 7.92. The minimum absolute atomic E-state index is 0.110. The highest BCUT2D eigenvalue weighted by atomic mass is 79.9. The Morgan fingerprint density at radius 3 is 2.54 bits per heavy atom. The molecule has 0 atom stereocenters. The van der Waals surface area contributed by atoms with Gasteiger partial charge in [0.2, 0.25) is 0 Å². The first-order chi connectivity index (χ1) is 13.1. The van der Waals surface area contributed by atoms with E-state index >= 15 is 0 Å². The second kappa shape index (κ2) is 11.0. The normalized spacial score (nSPS) is 14.1. The van der Waals surface area contributed by atoms with Crippen molar-refractivity contribution in [1.29, 1.82) is 0 Å². The third kappa shape index (κ3) is 7.14. The van der Waals surface area contributed by atoms with Gasteiger partial charge in [-0.15, -0.1) is 0 Å². The molecule has 0 saturated heterocycles. The standard InChI is InChI=1S/C20H25BrF3N3O/c1-5-7-8-18(20(22,23)24)26-11-14(6-2)12-27-19(25)16-9-15(21)10-17(28-4)13(16)3/h6,8-11H,5,7,12H2,1-4H3,(H2,25,27)/b14-6+,18-8+,26-11+. The zero-order valence-electron chi connectivity index (χ0n) is 16.4. The molecule has 1 rings (SSSR count). The van der Waals surface area contributed by atoms with E-state index in [4.69, 9.17) is 10.5 Å². The van der Waals surface area contributed by atoms with Gasteiger partial charge in [0.1, 0.15) is 17.3 Å². The molecule has 28 heavy (non-hydrogen) atoms. The summed E-state index contributed by atoms with van der Waals surface area (Å²) in [5.74, 6) is 0.925. The Bertz CT molecular complexity index is 797. The molecule has 0 aliphatic rings. The predicted molar refractivity (Wildman–Crippen MR) is 112 cm³/mol. The van der Waals surface area contributed by atoms with E-state index in [1.807, 2.05) is 26.0 Å². The first-order valence-electron chi connectivity index (χ1n) is 8.75. The number of halogens is 4. The van der Waals surface area contributed by atoms with E-state index in [1.165, 1.54) is 6.21 Å². The third-order valence-electron chi connectivity index (χ3n) is 3.91. The zero-order chi connectivity index (χ0) is 21.3. The molecule has 0 aliphatic heterocycles. The second-order valence-corrected chi connectivity index (χ2v) is 6.90. The summed E-state index contributed by atoms with van der Waals surface area (Å²) in [7, 11) is 1.56. The van der Waals surface area contributed by atoms with E-state index in [-0.39, 0.29) is 12.4 Å². The molecule has 2 N–H and O–H groups in total. The lowest BCUT2D eigenvalue weighted by molar-refractivity contribution is -0.0925. The number of unbranched alkanes of at least 4 members (excludes halogenated alkanes) is 1. The van der Waals surface area contributed by atoms with Crippen molar-refractivity contribution in [2.45, 2.75) is 39.8 Å². The predicted octanol–water partition coefficient (Wildman–Crippen LogP) is 5.73. The number of amidine groups is 1. The van der Waals surface area contributed by atoms with Crippen molar-refractivity contribution in [2.75, 3.05) is 13.7 Å². The van der Waals surface area contributed by atoms with Crippen LogP contribution in [-0.4, -0.2) is 31.9 Å². The lowest BCUT2D eigenvalue weighted by atomic mass is 10.1. The van der Waals surface area contributed by atoms with Crippen LogP contribution in [0, 0.1) is 6.92 Å². The molecule has 0 saturated carbocycles. The molecule has 0 fully saturated rings. The Kier molecular flexibility index (Phi) is 9.45. The molecule has 0 radical (unpaired) electrons. The van der Waals surface area contributed by atoms with E-state index in [1.54, 1.807) is 20.1 Å². The van der Waals surface area contributed by atoms with Crippen molar-refractivity contribution in [3.63, 3.8) is 0 Å². The van der Waals surface area contributed by atoms with Crippen LogP contribution in [0.15, 0.2) is 50.0 Å². The van der Waals surface area contributed by atoms with Gasteiger partial charge in [0.05, 0.1) is 13.7 Å². The van der Waals surface area contributed by atoms with Gasteiger partial charge in [-0.25, -0.2) is 0 Å². The molecule has 0 aliphatic carbocycles. The molecule has 1 aromatic rings. The van der Waals surface area contributed by atoms with Crippen LogP contribution in [0.5, 0.6) is 5.75 Å². The Morgan fingerprint density at radius 2 is 2.00 bits per heavy atom. The molecule has 0 spiro atoms. The number of methoxy groups -OCH3 is 1. The van der Waals surface area contributed by atoms with Crippen molar-refractivity contribution in [2.24, 2.45) is 15.7 Å². The summed E-state index contributed by atoms with van der Waals surface area (Å²) >= 11 is 3.39. The number of nitrogens with two attached hydrogens (primary N) is 1. The van der Waals surface area contributed by atoms with Gasteiger partial charge in [-0.05, 0) is 38.0 Å². The highest BCUT2D eigenvalue weighted by Crippen LogP contribution is 2.28. The fraction of sp³-hybridized carbons (Fsp3) is 0.400. The van der Waals surface area contributed by atoms with Gasteiger partial charge in [0.15, 0.2) is 0 Å². The smallest absolute Gasteiger partial charge is 0.433 e.